The zero-order chi connectivity index (χ0) is 29.0. The van der Waals surface area contributed by atoms with E-state index in [-0.39, 0.29) is 22.8 Å². The zero-order valence-electron chi connectivity index (χ0n) is 24.0. The van der Waals surface area contributed by atoms with Gasteiger partial charge in [0.2, 0.25) is 11.6 Å². The predicted molar refractivity (Wildman–Crippen MR) is 150 cm³/mol. The van der Waals surface area contributed by atoms with E-state index in [1.165, 1.54) is 14.2 Å². The highest BCUT2D eigenvalue weighted by atomic mass is 28.4. The first-order chi connectivity index (χ1) is 18.9. The molecule has 40 heavy (non-hydrogen) atoms. The standard InChI is InChI=1S/C31H36O8Si/c1-28(2,3)40(6,7)39-30-19-18-29(38-30,24(26(32)34-4)25(30)27(33)35-5)23-20-36-31(37-23,21-14-10-8-11-15-21)22-16-12-9-13-17-22/h8-19,23H,20H2,1-7H3/t23-,29+,30-/m0/s1. The number of benzene rings is 2. The predicted octanol–water partition coefficient (Wildman–Crippen LogP) is 5.00. The van der Waals surface area contributed by atoms with Crippen molar-refractivity contribution in [3.63, 3.8) is 0 Å². The third-order valence-electron chi connectivity index (χ3n) is 8.38. The van der Waals surface area contributed by atoms with E-state index in [4.69, 9.17) is 28.1 Å². The van der Waals surface area contributed by atoms with Crippen LogP contribution in [0, 0.1) is 0 Å². The van der Waals surface area contributed by atoms with Crippen LogP contribution in [0.4, 0.5) is 0 Å². The third kappa shape index (κ3) is 4.19. The van der Waals surface area contributed by atoms with Crippen molar-refractivity contribution in [3.8, 4) is 0 Å². The number of fused-ring (bicyclic) bond motifs is 2. The van der Waals surface area contributed by atoms with E-state index < -0.39 is 43.5 Å². The van der Waals surface area contributed by atoms with Crippen molar-refractivity contribution in [2.75, 3.05) is 20.8 Å². The summed E-state index contributed by atoms with van der Waals surface area (Å²) in [6.07, 6.45) is 2.59. The fraction of sp³-hybridized carbons (Fsp3) is 0.419. The van der Waals surface area contributed by atoms with Gasteiger partial charge in [-0.1, -0.05) is 81.4 Å². The van der Waals surface area contributed by atoms with Crippen molar-refractivity contribution in [2.45, 2.75) is 62.2 Å². The Bertz CT molecular complexity index is 1320. The van der Waals surface area contributed by atoms with E-state index in [9.17, 15) is 9.59 Å². The fourth-order valence-electron chi connectivity index (χ4n) is 5.33. The highest BCUT2D eigenvalue weighted by Crippen LogP contribution is 2.58. The van der Waals surface area contributed by atoms with Crippen molar-refractivity contribution in [3.05, 3.63) is 95.1 Å². The van der Waals surface area contributed by atoms with Crippen molar-refractivity contribution in [2.24, 2.45) is 0 Å². The summed E-state index contributed by atoms with van der Waals surface area (Å²) in [6, 6.07) is 19.2. The van der Waals surface area contributed by atoms with Crippen molar-refractivity contribution < 1.29 is 37.7 Å². The molecule has 0 amide bonds. The van der Waals surface area contributed by atoms with Crippen LogP contribution in [0.5, 0.6) is 0 Å². The van der Waals surface area contributed by atoms with Gasteiger partial charge in [-0.25, -0.2) is 9.59 Å². The third-order valence-corrected chi connectivity index (χ3v) is 12.8. The summed E-state index contributed by atoms with van der Waals surface area (Å²) in [5, 5.41) is -0.220. The molecule has 0 radical (unpaired) electrons. The summed E-state index contributed by atoms with van der Waals surface area (Å²) >= 11 is 0. The van der Waals surface area contributed by atoms with E-state index >= 15 is 0 Å². The SMILES string of the molecule is COC(=O)C1=C(C(=O)OC)[C@]2([C@@H]3COC(c4ccccc4)(c4ccccc4)O3)C=C[C@@]1(O[Si](C)(C)C(C)(C)C)O2. The number of ether oxygens (including phenoxy) is 5. The Morgan fingerprint density at radius 3 is 1.88 bits per heavy atom. The minimum atomic E-state index is -2.56. The van der Waals surface area contributed by atoms with Gasteiger partial charge in [-0.05, 0) is 30.3 Å². The first kappa shape index (κ1) is 28.4. The molecule has 3 heterocycles. The largest absolute Gasteiger partial charge is 0.466 e. The van der Waals surface area contributed by atoms with Gasteiger partial charge in [-0.15, -0.1) is 0 Å². The molecular weight excluding hydrogens is 528 g/mol. The Hall–Kier alpha value is -3.08. The average molecular weight is 565 g/mol. The molecule has 2 bridgehead atoms. The van der Waals surface area contributed by atoms with Gasteiger partial charge in [0, 0.05) is 11.1 Å². The molecule has 0 unspecified atom stereocenters. The number of carbonyl (C=O) groups is 2. The number of hydrogen-bond donors (Lipinski definition) is 0. The van der Waals surface area contributed by atoms with Gasteiger partial charge < -0.3 is 28.1 Å². The highest BCUT2D eigenvalue weighted by molar-refractivity contribution is 6.74. The van der Waals surface area contributed by atoms with E-state index in [2.05, 4.69) is 33.9 Å². The normalized spacial score (nSPS) is 27.2. The summed E-state index contributed by atoms with van der Waals surface area (Å²) in [4.78, 5) is 26.8. The van der Waals surface area contributed by atoms with Crippen LogP contribution in [0.25, 0.3) is 0 Å². The Labute approximate surface area is 236 Å². The van der Waals surface area contributed by atoms with Gasteiger partial charge in [0.05, 0.1) is 26.4 Å². The Morgan fingerprint density at radius 1 is 0.850 bits per heavy atom. The van der Waals surface area contributed by atoms with Gasteiger partial charge in [0.15, 0.2) is 13.9 Å². The summed E-state index contributed by atoms with van der Waals surface area (Å²) in [6.45, 7) is 10.4. The maximum Gasteiger partial charge on any atom is 0.340 e. The molecule has 9 heteroatoms. The lowest BCUT2D eigenvalue weighted by atomic mass is 9.82. The molecule has 3 aliphatic rings. The van der Waals surface area contributed by atoms with Gasteiger partial charge >= 0.3 is 11.9 Å². The molecule has 3 aliphatic heterocycles. The summed E-state index contributed by atoms with van der Waals surface area (Å²) in [5.41, 5.74) is -0.00539. The van der Waals surface area contributed by atoms with Crippen LogP contribution in [0.1, 0.15) is 31.9 Å². The van der Waals surface area contributed by atoms with E-state index in [0.29, 0.717) is 0 Å². The maximum absolute atomic E-state index is 13.5. The molecule has 0 saturated carbocycles. The van der Waals surface area contributed by atoms with E-state index in [1.807, 2.05) is 60.7 Å². The zero-order valence-corrected chi connectivity index (χ0v) is 25.0. The number of methoxy groups -OCH3 is 2. The molecular formula is C31H36O8Si. The second kappa shape index (κ2) is 9.78. The molecule has 1 fully saturated rings. The van der Waals surface area contributed by atoms with Crippen molar-refractivity contribution >= 4 is 20.3 Å². The Kier molecular flexibility index (Phi) is 6.95. The Balaban J connectivity index is 1.66. The number of hydrogen-bond acceptors (Lipinski definition) is 8. The summed E-state index contributed by atoms with van der Waals surface area (Å²) < 4.78 is 37.2. The van der Waals surface area contributed by atoms with Crippen LogP contribution in [-0.2, 0) is 43.5 Å². The minimum absolute atomic E-state index is 0.00594. The smallest absolute Gasteiger partial charge is 0.340 e. The van der Waals surface area contributed by atoms with Crippen molar-refractivity contribution in [1.29, 1.82) is 0 Å². The fourth-order valence-corrected chi connectivity index (χ4v) is 6.61. The summed E-state index contributed by atoms with van der Waals surface area (Å²) in [5.74, 6) is -4.39. The Morgan fingerprint density at radius 2 is 1.38 bits per heavy atom. The molecule has 2 aromatic rings. The second-order valence-electron chi connectivity index (χ2n) is 11.8. The average Bonchev–Trinajstić information content (AvgIpc) is 3.63. The molecule has 0 spiro atoms. The van der Waals surface area contributed by atoms with Gasteiger partial charge in [-0.2, -0.15) is 0 Å². The minimum Gasteiger partial charge on any atom is -0.466 e. The monoisotopic (exact) mass is 564 g/mol. The molecule has 5 rings (SSSR count). The molecule has 8 nitrogen and oxygen atoms in total. The van der Waals surface area contributed by atoms with Crippen molar-refractivity contribution in [1.82, 2.24) is 0 Å². The molecule has 3 atom stereocenters. The van der Waals surface area contributed by atoms with Crippen LogP contribution < -0.4 is 0 Å². The molecule has 2 aromatic carbocycles. The maximum atomic E-state index is 13.5. The van der Waals surface area contributed by atoms with E-state index in [0.717, 1.165) is 11.1 Å². The molecule has 0 aliphatic carbocycles. The number of rotatable bonds is 7. The first-order valence-electron chi connectivity index (χ1n) is 13.3. The second-order valence-corrected chi connectivity index (χ2v) is 16.5. The summed E-state index contributed by atoms with van der Waals surface area (Å²) in [7, 11) is -0.0353. The van der Waals surface area contributed by atoms with Crippen LogP contribution in [0.2, 0.25) is 18.1 Å². The van der Waals surface area contributed by atoms with Crippen LogP contribution >= 0.6 is 0 Å². The van der Waals surface area contributed by atoms with Crippen LogP contribution in [0.3, 0.4) is 0 Å². The van der Waals surface area contributed by atoms with Gasteiger partial charge in [-0.3, -0.25) is 0 Å². The topological polar surface area (TPSA) is 89.5 Å². The lowest BCUT2D eigenvalue weighted by Crippen LogP contribution is -2.51. The highest BCUT2D eigenvalue weighted by Gasteiger charge is 2.70. The molecule has 0 N–H and O–H groups in total. The number of carbonyl (C=O) groups excluding carboxylic acids is 2. The van der Waals surface area contributed by atoms with E-state index in [1.54, 1.807) is 12.2 Å². The van der Waals surface area contributed by atoms with Gasteiger partial charge in [0.1, 0.15) is 11.7 Å². The quantitative estimate of drug-likeness (QED) is 0.264. The number of esters is 2. The van der Waals surface area contributed by atoms with Crippen LogP contribution in [-0.4, -0.2) is 58.6 Å². The lowest BCUT2D eigenvalue weighted by Gasteiger charge is -2.42. The van der Waals surface area contributed by atoms with Crippen LogP contribution in [0.15, 0.2) is 84.0 Å². The molecule has 0 aromatic heterocycles. The van der Waals surface area contributed by atoms with Gasteiger partial charge in [0.25, 0.3) is 0 Å². The lowest BCUT2D eigenvalue weighted by molar-refractivity contribution is -0.201. The first-order valence-corrected chi connectivity index (χ1v) is 16.2. The molecule has 212 valence electrons. The molecule has 1 saturated heterocycles.